The van der Waals surface area contributed by atoms with Gasteiger partial charge in [0.2, 0.25) is 0 Å². The third kappa shape index (κ3) is 1.01. The Labute approximate surface area is 78.0 Å². The van der Waals surface area contributed by atoms with E-state index in [4.69, 9.17) is 14.6 Å². The molecule has 0 amide bonds. The molecule has 1 heterocycles. The van der Waals surface area contributed by atoms with Crippen LogP contribution in [-0.4, -0.2) is 30.7 Å². The van der Waals surface area contributed by atoms with E-state index in [1.165, 1.54) is 6.42 Å². The molecule has 74 valence electrons. The van der Waals surface area contributed by atoms with E-state index < -0.39 is 0 Å². The number of aliphatic hydroxyl groups is 1. The third-order valence-corrected chi connectivity index (χ3v) is 4.02. The lowest BCUT2D eigenvalue weighted by molar-refractivity contribution is -0.196. The third-order valence-electron chi connectivity index (χ3n) is 4.02. The van der Waals surface area contributed by atoms with Crippen LogP contribution in [0, 0.1) is 17.8 Å². The summed E-state index contributed by atoms with van der Waals surface area (Å²) in [4.78, 5) is 0. The highest BCUT2D eigenvalue weighted by molar-refractivity contribution is 5.01. The maximum Gasteiger partial charge on any atom is 0.171 e. The molecule has 0 aromatic heterocycles. The second kappa shape index (κ2) is 2.69. The van der Waals surface area contributed by atoms with Crippen molar-refractivity contribution in [3.63, 3.8) is 0 Å². The fraction of sp³-hybridized carbons (Fsp3) is 1.00. The Morgan fingerprint density at radius 1 is 1.23 bits per heavy atom. The van der Waals surface area contributed by atoms with Crippen molar-refractivity contribution in [2.24, 2.45) is 17.8 Å². The Balaban J connectivity index is 1.78. The molecule has 0 aromatic rings. The molecule has 1 aliphatic heterocycles. The molecule has 3 nitrogen and oxygen atoms in total. The molecule has 3 rings (SSSR count). The second-order valence-electron chi connectivity index (χ2n) is 4.58. The van der Waals surface area contributed by atoms with E-state index in [0.717, 1.165) is 26.1 Å². The fourth-order valence-corrected chi connectivity index (χ4v) is 3.40. The minimum absolute atomic E-state index is 0.226. The van der Waals surface area contributed by atoms with Crippen molar-refractivity contribution >= 4 is 0 Å². The van der Waals surface area contributed by atoms with Crippen LogP contribution in [0.1, 0.15) is 19.3 Å². The minimum Gasteiger partial charge on any atom is -0.396 e. The van der Waals surface area contributed by atoms with Crippen LogP contribution in [-0.2, 0) is 9.47 Å². The monoisotopic (exact) mass is 184 g/mol. The topological polar surface area (TPSA) is 38.7 Å². The van der Waals surface area contributed by atoms with Crippen molar-refractivity contribution in [3.05, 3.63) is 0 Å². The van der Waals surface area contributed by atoms with Gasteiger partial charge in [-0.25, -0.2) is 0 Å². The summed E-state index contributed by atoms with van der Waals surface area (Å²) >= 11 is 0. The summed E-state index contributed by atoms with van der Waals surface area (Å²) in [7, 11) is 0. The summed E-state index contributed by atoms with van der Waals surface area (Å²) in [5, 5.41) is 9.14. The average molecular weight is 184 g/mol. The first kappa shape index (κ1) is 8.21. The molecule has 1 N–H and O–H groups in total. The van der Waals surface area contributed by atoms with Crippen molar-refractivity contribution in [2.45, 2.75) is 25.0 Å². The van der Waals surface area contributed by atoms with E-state index in [2.05, 4.69) is 0 Å². The van der Waals surface area contributed by atoms with Gasteiger partial charge in [0.05, 0.1) is 13.2 Å². The van der Waals surface area contributed by atoms with Crippen LogP contribution in [0.2, 0.25) is 0 Å². The Morgan fingerprint density at radius 2 is 2.00 bits per heavy atom. The number of aliphatic hydroxyl groups excluding tert-OH is 1. The lowest BCUT2D eigenvalue weighted by Crippen LogP contribution is -2.39. The van der Waals surface area contributed by atoms with Gasteiger partial charge in [0.1, 0.15) is 0 Å². The van der Waals surface area contributed by atoms with Crippen LogP contribution >= 0.6 is 0 Å². The van der Waals surface area contributed by atoms with Crippen molar-refractivity contribution in [3.8, 4) is 0 Å². The van der Waals surface area contributed by atoms with Crippen LogP contribution in [0.15, 0.2) is 0 Å². The highest BCUT2D eigenvalue weighted by atomic mass is 16.7. The van der Waals surface area contributed by atoms with Crippen LogP contribution < -0.4 is 0 Å². The molecular weight excluding hydrogens is 168 g/mol. The number of ether oxygens (including phenoxy) is 2. The first-order valence-corrected chi connectivity index (χ1v) is 5.23. The van der Waals surface area contributed by atoms with Gasteiger partial charge in [-0.1, -0.05) is 0 Å². The second-order valence-corrected chi connectivity index (χ2v) is 4.58. The van der Waals surface area contributed by atoms with Crippen molar-refractivity contribution in [1.29, 1.82) is 0 Å². The van der Waals surface area contributed by atoms with Crippen molar-refractivity contribution in [2.75, 3.05) is 19.8 Å². The molecule has 3 atom stereocenters. The minimum atomic E-state index is -0.226. The van der Waals surface area contributed by atoms with Crippen LogP contribution in [0.4, 0.5) is 0 Å². The lowest BCUT2D eigenvalue weighted by Gasteiger charge is -2.34. The Morgan fingerprint density at radius 3 is 2.54 bits per heavy atom. The Hall–Kier alpha value is -0.120. The highest BCUT2D eigenvalue weighted by Crippen LogP contribution is 2.56. The number of hydrogen-bond donors (Lipinski definition) is 1. The van der Waals surface area contributed by atoms with Gasteiger partial charge in [0.25, 0.3) is 0 Å². The van der Waals surface area contributed by atoms with E-state index in [-0.39, 0.29) is 5.79 Å². The molecule has 1 saturated heterocycles. The van der Waals surface area contributed by atoms with Gasteiger partial charge >= 0.3 is 0 Å². The molecule has 13 heavy (non-hydrogen) atoms. The van der Waals surface area contributed by atoms with Gasteiger partial charge in [-0.05, 0) is 24.7 Å². The zero-order chi connectivity index (χ0) is 8.89. The normalized spacial score (nSPS) is 46.4. The molecule has 3 heteroatoms. The molecular formula is C10H16O3. The summed E-state index contributed by atoms with van der Waals surface area (Å²) in [5.74, 6) is 1.49. The molecule has 0 radical (unpaired) electrons. The number of hydrogen-bond acceptors (Lipinski definition) is 3. The van der Waals surface area contributed by atoms with Crippen LogP contribution in [0.5, 0.6) is 0 Å². The number of rotatable bonds is 1. The van der Waals surface area contributed by atoms with Gasteiger partial charge in [-0.3, -0.25) is 0 Å². The largest absolute Gasteiger partial charge is 0.396 e. The van der Waals surface area contributed by atoms with E-state index in [9.17, 15) is 0 Å². The summed E-state index contributed by atoms with van der Waals surface area (Å²) in [6, 6.07) is 0. The summed E-state index contributed by atoms with van der Waals surface area (Å²) in [5.41, 5.74) is 0. The summed E-state index contributed by atoms with van der Waals surface area (Å²) in [6.07, 6.45) is 3.31. The zero-order valence-electron chi connectivity index (χ0n) is 7.74. The highest BCUT2D eigenvalue weighted by Gasteiger charge is 2.58. The average Bonchev–Trinajstić information content (AvgIpc) is 2.80. The molecule has 3 aliphatic rings. The van der Waals surface area contributed by atoms with Crippen LogP contribution in [0.25, 0.3) is 0 Å². The molecule has 2 saturated carbocycles. The molecule has 1 spiro atoms. The van der Waals surface area contributed by atoms with Crippen LogP contribution in [0.3, 0.4) is 0 Å². The van der Waals surface area contributed by atoms with Gasteiger partial charge < -0.3 is 14.6 Å². The predicted octanol–water partition coefficient (Wildman–Crippen LogP) is 0.768. The SMILES string of the molecule is OCC1C[C@@H]2C[C@H]1CC21OCCO1. The first-order valence-electron chi connectivity index (χ1n) is 5.23. The van der Waals surface area contributed by atoms with E-state index >= 15 is 0 Å². The van der Waals surface area contributed by atoms with Gasteiger partial charge in [0, 0.05) is 18.9 Å². The fourth-order valence-electron chi connectivity index (χ4n) is 3.40. The van der Waals surface area contributed by atoms with E-state index in [1.54, 1.807) is 0 Å². The molecule has 0 aromatic carbocycles. The smallest absolute Gasteiger partial charge is 0.171 e. The summed E-state index contributed by atoms with van der Waals surface area (Å²) < 4.78 is 11.4. The van der Waals surface area contributed by atoms with Crippen molar-refractivity contribution < 1.29 is 14.6 Å². The van der Waals surface area contributed by atoms with Gasteiger partial charge in [-0.2, -0.15) is 0 Å². The Kier molecular flexibility index (Phi) is 1.70. The molecule has 3 fully saturated rings. The van der Waals surface area contributed by atoms with Gasteiger partial charge in [-0.15, -0.1) is 0 Å². The summed E-state index contributed by atoms with van der Waals surface area (Å²) in [6.45, 7) is 1.86. The molecule has 1 unspecified atom stereocenters. The number of fused-ring (bicyclic) bond motifs is 3. The molecule has 2 bridgehead atoms. The predicted molar refractivity (Wildman–Crippen MR) is 46.0 cm³/mol. The Bertz CT molecular complexity index is 210. The van der Waals surface area contributed by atoms with Crippen molar-refractivity contribution in [1.82, 2.24) is 0 Å². The molecule has 2 aliphatic carbocycles. The quantitative estimate of drug-likeness (QED) is 0.654. The maximum absolute atomic E-state index is 9.14. The first-order chi connectivity index (χ1) is 6.34. The maximum atomic E-state index is 9.14. The standard InChI is InChI=1S/C10H16O3/c11-6-8-4-9-3-7(8)5-10(9)12-1-2-13-10/h7-9,11H,1-6H2/t7-,8?,9-/m0/s1. The zero-order valence-corrected chi connectivity index (χ0v) is 7.74. The van der Waals surface area contributed by atoms with E-state index in [1.807, 2.05) is 0 Å². The van der Waals surface area contributed by atoms with Gasteiger partial charge in [0.15, 0.2) is 5.79 Å². The lowest BCUT2D eigenvalue weighted by atomic mass is 9.85. The van der Waals surface area contributed by atoms with E-state index in [0.29, 0.717) is 24.4 Å².